The number of hydrogen-bond donors (Lipinski definition) is 3. The third-order valence-corrected chi connectivity index (χ3v) is 9.12. The highest BCUT2D eigenvalue weighted by Gasteiger charge is 2.57. The van der Waals surface area contributed by atoms with Crippen LogP contribution in [0.4, 0.5) is 5.69 Å². The molecule has 0 radical (unpaired) electrons. The Morgan fingerprint density at radius 1 is 1.12 bits per heavy atom. The third-order valence-electron chi connectivity index (χ3n) is 7.70. The fourth-order valence-electron chi connectivity index (χ4n) is 6.85. The van der Waals surface area contributed by atoms with Crippen molar-refractivity contribution < 1.29 is 37.8 Å². The van der Waals surface area contributed by atoms with E-state index < -0.39 is 52.5 Å². The molecule has 4 bridgehead atoms. The number of nitrogens with zero attached hydrogens (tertiary/aromatic N) is 1. The molecule has 4 saturated carbocycles. The zero-order valence-corrected chi connectivity index (χ0v) is 18.7. The number of nitrogens with one attached hydrogen (secondary N) is 1. The van der Waals surface area contributed by atoms with E-state index in [0.717, 1.165) is 43.4 Å². The van der Waals surface area contributed by atoms with Crippen LogP contribution in [0.2, 0.25) is 0 Å². The van der Waals surface area contributed by atoms with Crippen LogP contribution in [-0.2, 0) is 24.4 Å². The molecular formula is C22H26N2O8S. The number of amides is 1. The molecular weight excluding hydrogens is 452 g/mol. The van der Waals surface area contributed by atoms with Crippen LogP contribution in [0.1, 0.15) is 38.5 Å². The molecule has 1 aromatic rings. The second-order valence-corrected chi connectivity index (χ2v) is 11.7. The molecule has 0 aromatic heterocycles. The van der Waals surface area contributed by atoms with Gasteiger partial charge < -0.3 is 14.9 Å². The van der Waals surface area contributed by atoms with Crippen molar-refractivity contribution in [3.63, 3.8) is 0 Å². The first-order valence-electron chi connectivity index (χ1n) is 11.1. The Morgan fingerprint density at radius 2 is 1.73 bits per heavy atom. The minimum absolute atomic E-state index is 0.0559. The van der Waals surface area contributed by atoms with Gasteiger partial charge in [-0.05, 0) is 73.8 Å². The molecule has 1 atom stereocenters. The van der Waals surface area contributed by atoms with Crippen LogP contribution in [0.3, 0.4) is 0 Å². The zero-order chi connectivity index (χ0) is 23.5. The number of carbonyl (C=O) groups excluding carboxylic acids is 1. The fraction of sp³-hybridized carbons (Fsp3) is 0.591. The van der Waals surface area contributed by atoms with Crippen molar-refractivity contribution in [3.05, 3.63) is 18.2 Å². The maximum absolute atomic E-state index is 13.2. The standard InChI is InChI=1S/C22H26N2O8S/c25-18-11-32-17-6-15(1-2-16(17)24(18)10-19(26)27)33(30,31)23-20(21(28)29)22-7-12-3-13(8-22)5-14(4-12)9-22/h1-2,6,12-14,20,23H,3-5,7-11H2,(H,26,27)(H,28,29)/t12?,13?,14?,20-,22?/m0/s1. The molecule has 0 spiro atoms. The zero-order valence-electron chi connectivity index (χ0n) is 17.9. The van der Waals surface area contributed by atoms with Crippen LogP contribution < -0.4 is 14.4 Å². The third kappa shape index (κ3) is 3.86. The number of rotatable bonds is 7. The van der Waals surface area contributed by atoms with Gasteiger partial charge in [-0.15, -0.1) is 0 Å². The molecule has 0 saturated heterocycles. The first-order valence-corrected chi connectivity index (χ1v) is 12.6. The number of anilines is 1. The van der Waals surface area contributed by atoms with Crippen LogP contribution in [-0.4, -0.2) is 55.7 Å². The van der Waals surface area contributed by atoms with Gasteiger partial charge in [0.25, 0.3) is 5.91 Å². The van der Waals surface area contributed by atoms with E-state index in [0.29, 0.717) is 17.8 Å². The van der Waals surface area contributed by atoms with Crippen LogP contribution in [0.15, 0.2) is 23.1 Å². The van der Waals surface area contributed by atoms with Gasteiger partial charge in [0.15, 0.2) is 6.61 Å². The highest BCUT2D eigenvalue weighted by atomic mass is 32.2. The van der Waals surface area contributed by atoms with E-state index in [4.69, 9.17) is 9.84 Å². The van der Waals surface area contributed by atoms with Gasteiger partial charge in [-0.1, -0.05) is 0 Å². The summed E-state index contributed by atoms with van der Waals surface area (Å²) in [6, 6.07) is 2.52. The van der Waals surface area contributed by atoms with E-state index in [1.165, 1.54) is 18.2 Å². The van der Waals surface area contributed by atoms with Crippen molar-refractivity contribution in [1.82, 2.24) is 4.72 Å². The summed E-state index contributed by atoms with van der Waals surface area (Å²) in [6.45, 7) is -0.991. The molecule has 3 N–H and O–H groups in total. The topological polar surface area (TPSA) is 150 Å². The lowest BCUT2D eigenvalue weighted by Crippen LogP contribution is -2.59. The van der Waals surface area contributed by atoms with Crippen molar-refractivity contribution in [3.8, 4) is 5.75 Å². The minimum atomic E-state index is -4.22. The van der Waals surface area contributed by atoms with E-state index in [2.05, 4.69) is 4.72 Å². The Kier molecular flexibility index (Phi) is 5.16. The molecule has 1 aliphatic heterocycles. The molecule has 10 nitrogen and oxygen atoms in total. The van der Waals surface area contributed by atoms with Gasteiger partial charge in [-0.25, -0.2) is 8.42 Å². The normalized spacial score (nSPS) is 31.1. The molecule has 1 aromatic carbocycles. The van der Waals surface area contributed by atoms with E-state index >= 15 is 0 Å². The second kappa shape index (κ2) is 7.69. The summed E-state index contributed by atoms with van der Waals surface area (Å²) in [5.74, 6) is -1.51. The van der Waals surface area contributed by atoms with Gasteiger partial charge in [0, 0.05) is 6.07 Å². The largest absolute Gasteiger partial charge is 0.482 e. The van der Waals surface area contributed by atoms with E-state index in [1.807, 2.05) is 0 Å². The number of carboxylic acids is 2. The van der Waals surface area contributed by atoms with Crippen molar-refractivity contribution >= 4 is 33.6 Å². The first kappa shape index (κ1) is 22.1. The van der Waals surface area contributed by atoms with Gasteiger partial charge in [0.05, 0.1) is 10.6 Å². The number of hydrogen-bond acceptors (Lipinski definition) is 6. The average molecular weight is 479 g/mol. The van der Waals surface area contributed by atoms with Gasteiger partial charge in [0.1, 0.15) is 18.3 Å². The molecule has 33 heavy (non-hydrogen) atoms. The minimum Gasteiger partial charge on any atom is -0.482 e. The SMILES string of the molecule is O=C(O)CN1C(=O)COc2cc(S(=O)(=O)N[C@@H](C(=O)O)C34CC5CC(CC(C5)C3)C4)ccc21. The lowest BCUT2D eigenvalue weighted by molar-refractivity contribution is -0.150. The fourth-order valence-corrected chi connectivity index (χ4v) is 8.16. The van der Waals surface area contributed by atoms with Crippen LogP contribution >= 0.6 is 0 Å². The quantitative estimate of drug-likeness (QED) is 0.533. The summed E-state index contributed by atoms with van der Waals surface area (Å²) in [7, 11) is -4.22. The maximum atomic E-state index is 13.2. The molecule has 6 rings (SSSR count). The Labute approximate surface area is 191 Å². The summed E-state index contributed by atoms with van der Waals surface area (Å²) in [6.07, 6.45) is 5.47. The molecule has 1 amide bonds. The molecule has 1 heterocycles. The Bertz CT molecular complexity index is 1100. The number of ether oxygens (including phenoxy) is 1. The first-order chi connectivity index (χ1) is 15.6. The smallest absolute Gasteiger partial charge is 0.323 e. The van der Waals surface area contributed by atoms with Gasteiger partial charge >= 0.3 is 11.9 Å². The number of benzene rings is 1. The van der Waals surface area contributed by atoms with Crippen LogP contribution in [0.5, 0.6) is 5.75 Å². The molecule has 4 aliphatic carbocycles. The van der Waals surface area contributed by atoms with Crippen molar-refractivity contribution in [1.29, 1.82) is 0 Å². The van der Waals surface area contributed by atoms with Gasteiger partial charge in [0.2, 0.25) is 10.0 Å². The van der Waals surface area contributed by atoms with E-state index in [1.54, 1.807) is 0 Å². The van der Waals surface area contributed by atoms with Crippen LogP contribution in [0.25, 0.3) is 0 Å². The predicted molar refractivity (Wildman–Crippen MR) is 114 cm³/mol. The highest BCUT2D eigenvalue weighted by molar-refractivity contribution is 7.89. The molecule has 5 aliphatic rings. The number of aliphatic carboxylic acids is 2. The lowest BCUT2D eigenvalue weighted by atomic mass is 9.48. The Hall–Kier alpha value is -2.66. The van der Waals surface area contributed by atoms with E-state index in [9.17, 15) is 27.9 Å². The molecule has 4 fully saturated rings. The van der Waals surface area contributed by atoms with Crippen molar-refractivity contribution in [2.24, 2.45) is 23.2 Å². The second-order valence-electron chi connectivity index (χ2n) is 9.96. The van der Waals surface area contributed by atoms with Crippen molar-refractivity contribution in [2.45, 2.75) is 49.5 Å². The van der Waals surface area contributed by atoms with Crippen molar-refractivity contribution in [2.75, 3.05) is 18.1 Å². The number of fused-ring (bicyclic) bond motifs is 1. The maximum Gasteiger partial charge on any atom is 0.323 e. The van der Waals surface area contributed by atoms with Gasteiger partial charge in [-0.2, -0.15) is 4.72 Å². The Balaban J connectivity index is 1.43. The van der Waals surface area contributed by atoms with Crippen LogP contribution in [0, 0.1) is 23.2 Å². The average Bonchev–Trinajstić information content (AvgIpc) is 2.72. The molecule has 0 unspecified atom stereocenters. The number of carboxylic acid groups (broad SMARTS) is 2. The monoisotopic (exact) mass is 478 g/mol. The van der Waals surface area contributed by atoms with E-state index in [-0.39, 0.29) is 16.3 Å². The summed E-state index contributed by atoms with van der Waals surface area (Å²) in [5.41, 5.74) is -0.424. The Morgan fingerprint density at radius 3 is 2.27 bits per heavy atom. The number of carbonyl (C=O) groups is 3. The molecule has 178 valence electrons. The highest BCUT2D eigenvalue weighted by Crippen LogP contribution is 2.61. The molecule has 11 heteroatoms. The summed E-state index contributed by atoms with van der Waals surface area (Å²) in [5, 5.41) is 19.1. The summed E-state index contributed by atoms with van der Waals surface area (Å²) < 4.78 is 34.3. The summed E-state index contributed by atoms with van der Waals surface area (Å²) in [4.78, 5) is 36.3. The predicted octanol–water partition coefficient (Wildman–Crippen LogP) is 1.44. The number of sulfonamides is 1. The summed E-state index contributed by atoms with van der Waals surface area (Å²) >= 11 is 0. The van der Waals surface area contributed by atoms with Gasteiger partial charge in [-0.3, -0.25) is 19.3 Å². The lowest BCUT2D eigenvalue weighted by Gasteiger charge is -2.58.